The lowest BCUT2D eigenvalue weighted by Gasteiger charge is -2.18. The van der Waals surface area contributed by atoms with Crippen LogP contribution in [0.1, 0.15) is 43.7 Å². The van der Waals surface area contributed by atoms with E-state index >= 15 is 0 Å². The zero-order chi connectivity index (χ0) is 14.8. The molecule has 20 heavy (non-hydrogen) atoms. The van der Waals surface area contributed by atoms with Gasteiger partial charge in [0.1, 0.15) is 0 Å². The molecule has 4 nitrogen and oxygen atoms in total. The van der Waals surface area contributed by atoms with Gasteiger partial charge in [-0.15, -0.1) is 0 Å². The molecule has 2 N–H and O–H groups in total. The quantitative estimate of drug-likeness (QED) is 0.812. The predicted octanol–water partition coefficient (Wildman–Crippen LogP) is 2.34. The number of sulfonamides is 1. The van der Waals surface area contributed by atoms with Gasteiger partial charge in [-0.3, -0.25) is 0 Å². The average Bonchev–Trinajstić information content (AvgIpc) is 3.22. The van der Waals surface area contributed by atoms with Gasteiger partial charge >= 0.3 is 0 Å². The van der Waals surface area contributed by atoms with Crippen molar-refractivity contribution in [1.29, 1.82) is 0 Å². The second kappa shape index (κ2) is 6.24. The smallest absolute Gasteiger partial charge is 0.241 e. The van der Waals surface area contributed by atoms with Crippen molar-refractivity contribution in [3.8, 4) is 0 Å². The Labute approximate surface area is 121 Å². The minimum absolute atomic E-state index is 0.00434. The average molecular weight is 297 g/mol. The fourth-order valence-electron chi connectivity index (χ4n) is 2.37. The van der Waals surface area contributed by atoms with Crippen LogP contribution in [0.3, 0.4) is 0 Å². The van der Waals surface area contributed by atoms with Crippen LogP contribution in [0.4, 0.5) is 0 Å². The lowest BCUT2D eigenvalue weighted by atomic mass is 10.1. The van der Waals surface area contributed by atoms with E-state index in [2.05, 4.69) is 4.72 Å². The van der Waals surface area contributed by atoms with Gasteiger partial charge in [0.25, 0.3) is 0 Å². The second-order valence-corrected chi connectivity index (χ2v) is 7.35. The first kappa shape index (κ1) is 15.5. The molecule has 0 aliphatic heterocycles. The number of aryl methyl sites for hydroxylation is 1. The highest BCUT2D eigenvalue weighted by molar-refractivity contribution is 7.89. The van der Waals surface area contributed by atoms with E-state index in [-0.39, 0.29) is 17.5 Å². The van der Waals surface area contributed by atoms with E-state index in [9.17, 15) is 8.42 Å². The summed E-state index contributed by atoms with van der Waals surface area (Å²) in [4.78, 5) is 0.276. The SMILES string of the molecule is CCC(CC1CC1)NS(=O)(=O)c1cc(CO)ccc1C. The van der Waals surface area contributed by atoms with Crippen LogP contribution in [-0.4, -0.2) is 19.6 Å². The maximum Gasteiger partial charge on any atom is 0.241 e. The lowest BCUT2D eigenvalue weighted by molar-refractivity contribution is 0.281. The second-order valence-electron chi connectivity index (χ2n) is 5.66. The molecule has 0 aromatic heterocycles. The topological polar surface area (TPSA) is 66.4 Å². The van der Waals surface area contributed by atoms with Crippen molar-refractivity contribution in [2.45, 2.75) is 57.1 Å². The van der Waals surface area contributed by atoms with Crippen LogP contribution >= 0.6 is 0 Å². The molecule has 0 heterocycles. The summed E-state index contributed by atoms with van der Waals surface area (Å²) in [6.07, 6.45) is 4.16. The van der Waals surface area contributed by atoms with Crippen LogP contribution in [0.25, 0.3) is 0 Å². The summed E-state index contributed by atoms with van der Waals surface area (Å²) >= 11 is 0. The van der Waals surface area contributed by atoms with Crippen LogP contribution in [-0.2, 0) is 16.6 Å². The maximum absolute atomic E-state index is 12.5. The molecule has 112 valence electrons. The van der Waals surface area contributed by atoms with E-state index in [0.717, 1.165) is 12.8 Å². The molecule has 5 heteroatoms. The summed E-state index contributed by atoms with van der Waals surface area (Å²) < 4.78 is 27.8. The number of rotatable bonds is 7. The predicted molar refractivity (Wildman–Crippen MR) is 78.8 cm³/mol. The van der Waals surface area contributed by atoms with Gasteiger partial charge in [0.15, 0.2) is 0 Å². The molecule has 0 spiro atoms. The summed E-state index contributed by atoms with van der Waals surface area (Å²) in [6.45, 7) is 3.63. The van der Waals surface area contributed by atoms with Gasteiger partial charge in [0.05, 0.1) is 11.5 Å². The molecule has 0 saturated heterocycles. The standard InChI is InChI=1S/C15H23NO3S/c1-3-14(8-12-6-7-12)16-20(18,19)15-9-13(10-17)5-4-11(15)2/h4-5,9,12,14,16-17H,3,6-8,10H2,1-2H3. The summed E-state index contributed by atoms with van der Waals surface area (Å²) in [5.41, 5.74) is 1.32. The molecular formula is C15H23NO3S. The number of aliphatic hydroxyl groups is 1. The fraction of sp³-hybridized carbons (Fsp3) is 0.600. The Morgan fingerprint density at radius 3 is 2.65 bits per heavy atom. The highest BCUT2D eigenvalue weighted by Gasteiger charge is 2.28. The van der Waals surface area contributed by atoms with Gasteiger partial charge in [0.2, 0.25) is 10.0 Å². The van der Waals surface area contributed by atoms with Crippen molar-refractivity contribution >= 4 is 10.0 Å². The minimum Gasteiger partial charge on any atom is -0.392 e. The molecule has 2 rings (SSSR count). The molecule has 1 atom stereocenters. The van der Waals surface area contributed by atoms with Crippen LogP contribution in [0, 0.1) is 12.8 Å². The number of aliphatic hydroxyl groups excluding tert-OH is 1. The van der Waals surface area contributed by atoms with Gasteiger partial charge in [-0.05, 0) is 42.9 Å². The highest BCUT2D eigenvalue weighted by atomic mass is 32.2. The van der Waals surface area contributed by atoms with Gasteiger partial charge < -0.3 is 5.11 Å². The number of benzene rings is 1. The molecule has 1 aromatic carbocycles. The van der Waals surface area contributed by atoms with Crippen molar-refractivity contribution in [1.82, 2.24) is 4.72 Å². The number of nitrogens with one attached hydrogen (secondary N) is 1. The van der Waals surface area contributed by atoms with Gasteiger partial charge in [0, 0.05) is 6.04 Å². The molecule has 1 aliphatic carbocycles. The Hall–Kier alpha value is -0.910. The molecule has 1 aliphatic rings. The highest BCUT2D eigenvalue weighted by Crippen LogP contribution is 2.34. The van der Waals surface area contributed by atoms with Crippen LogP contribution < -0.4 is 4.72 Å². The largest absolute Gasteiger partial charge is 0.392 e. The van der Waals surface area contributed by atoms with Crippen LogP contribution in [0.5, 0.6) is 0 Å². The zero-order valence-electron chi connectivity index (χ0n) is 12.1. The fourth-order valence-corrected chi connectivity index (χ4v) is 4.00. The first-order valence-electron chi connectivity index (χ1n) is 7.19. The molecule has 1 aromatic rings. The number of hydrogen-bond acceptors (Lipinski definition) is 3. The van der Waals surface area contributed by atoms with Gasteiger partial charge in [-0.25, -0.2) is 13.1 Å². The van der Waals surface area contributed by atoms with E-state index in [4.69, 9.17) is 5.11 Å². The normalized spacial score (nSPS) is 17.1. The summed E-state index contributed by atoms with van der Waals surface area (Å²) in [7, 11) is -3.51. The van der Waals surface area contributed by atoms with E-state index in [1.54, 1.807) is 25.1 Å². The van der Waals surface area contributed by atoms with E-state index in [1.165, 1.54) is 12.8 Å². The third kappa shape index (κ3) is 3.81. The van der Waals surface area contributed by atoms with Crippen LogP contribution in [0.15, 0.2) is 23.1 Å². The lowest BCUT2D eigenvalue weighted by Crippen LogP contribution is -2.35. The zero-order valence-corrected chi connectivity index (χ0v) is 12.9. The Morgan fingerprint density at radius 1 is 1.40 bits per heavy atom. The first-order chi connectivity index (χ1) is 9.46. The maximum atomic E-state index is 12.5. The van der Waals surface area contributed by atoms with Gasteiger partial charge in [-0.1, -0.05) is 31.9 Å². The summed E-state index contributed by atoms with van der Waals surface area (Å²) in [5.74, 6) is 0.688. The first-order valence-corrected chi connectivity index (χ1v) is 8.67. The molecule has 0 amide bonds. The molecule has 0 radical (unpaired) electrons. The van der Waals surface area contributed by atoms with E-state index < -0.39 is 10.0 Å². The summed E-state index contributed by atoms with van der Waals surface area (Å²) in [6, 6.07) is 5.05. The van der Waals surface area contributed by atoms with Crippen molar-refractivity contribution in [2.75, 3.05) is 0 Å². The molecule has 1 unspecified atom stereocenters. The van der Waals surface area contributed by atoms with Gasteiger partial charge in [-0.2, -0.15) is 0 Å². The monoisotopic (exact) mass is 297 g/mol. The van der Waals surface area contributed by atoms with Crippen molar-refractivity contribution in [3.05, 3.63) is 29.3 Å². The third-order valence-electron chi connectivity index (χ3n) is 3.85. The van der Waals surface area contributed by atoms with E-state index in [1.807, 2.05) is 6.92 Å². The van der Waals surface area contributed by atoms with Crippen molar-refractivity contribution in [2.24, 2.45) is 5.92 Å². The summed E-state index contributed by atoms with van der Waals surface area (Å²) in [5, 5.41) is 9.16. The molecule has 1 fully saturated rings. The Balaban J connectivity index is 2.19. The third-order valence-corrected chi connectivity index (χ3v) is 5.52. The molecular weight excluding hydrogens is 274 g/mol. The number of hydrogen-bond donors (Lipinski definition) is 2. The van der Waals surface area contributed by atoms with Crippen molar-refractivity contribution in [3.63, 3.8) is 0 Å². The molecule has 1 saturated carbocycles. The van der Waals surface area contributed by atoms with Crippen molar-refractivity contribution < 1.29 is 13.5 Å². The van der Waals surface area contributed by atoms with Crippen LogP contribution in [0.2, 0.25) is 0 Å². The van der Waals surface area contributed by atoms with E-state index in [0.29, 0.717) is 17.0 Å². The Bertz CT molecular complexity index is 564. The molecule has 0 bridgehead atoms. The minimum atomic E-state index is -3.51. The Morgan fingerprint density at radius 2 is 2.10 bits per heavy atom. The Kier molecular flexibility index (Phi) is 4.83.